The van der Waals surface area contributed by atoms with E-state index in [1.807, 2.05) is 42.5 Å². The summed E-state index contributed by atoms with van der Waals surface area (Å²) in [6.45, 7) is 0. The van der Waals surface area contributed by atoms with Crippen molar-refractivity contribution in [2.24, 2.45) is 0 Å². The molecule has 0 radical (unpaired) electrons. The van der Waals surface area contributed by atoms with E-state index in [0.29, 0.717) is 18.0 Å². The Balaban J connectivity index is 1.61. The Labute approximate surface area is 137 Å². The average Bonchev–Trinajstić information content (AvgIpc) is 2.87. The van der Waals surface area contributed by atoms with E-state index in [1.54, 1.807) is 18.3 Å². The highest BCUT2D eigenvalue weighted by Gasteiger charge is 2.31. The number of rotatable bonds is 5. The molecule has 1 aromatic carbocycles. The molecule has 118 valence electrons. The lowest BCUT2D eigenvalue weighted by Crippen LogP contribution is -2.25. The van der Waals surface area contributed by atoms with Gasteiger partial charge in [0.15, 0.2) is 11.6 Å². The first-order valence-corrected chi connectivity index (χ1v) is 7.93. The third-order valence-electron chi connectivity index (χ3n) is 3.33. The molecule has 1 saturated heterocycles. The van der Waals surface area contributed by atoms with Crippen LogP contribution in [0.3, 0.4) is 0 Å². The fourth-order valence-corrected chi connectivity index (χ4v) is 3.03. The van der Waals surface area contributed by atoms with Crippen LogP contribution >= 0.6 is 11.8 Å². The van der Waals surface area contributed by atoms with E-state index in [2.05, 4.69) is 10.3 Å². The van der Waals surface area contributed by atoms with Crippen molar-refractivity contribution in [3.63, 3.8) is 0 Å². The van der Waals surface area contributed by atoms with Gasteiger partial charge in [-0.15, -0.1) is 0 Å². The van der Waals surface area contributed by atoms with Crippen LogP contribution in [0.4, 0.5) is 10.6 Å². The first kappa shape index (κ1) is 15.4. The number of amides is 2. The highest BCUT2D eigenvalue weighted by molar-refractivity contribution is 8.15. The molecule has 7 heteroatoms. The van der Waals surface area contributed by atoms with Gasteiger partial charge in [0.1, 0.15) is 0 Å². The number of pyridine rings is 1. The third-order valence-corrected chi connectivity index (χ3v) is 4.31. The molecule has 2 amide bonds. The summed E-state index contributed by atoms with van der Waals surface area (Å²) in [5.41, 5.74) is 0.972. The zero-order chi connectivity index (χ0) is 16.2. The molecule has 0 aliphatic carbocycles. The summed E-state index contributed by atoms with van der Waals surface area (Å²) < 4.78 is 0. The monoisotopic (exact) mass is 329 g/mol. The van der Waals surface area contributed by atoms with Crippen LogP contribution in [0.2, 0.25) is 0 Å². The van der Waals surface area contributed by atoms with Gasteiger partial charge in [-0.3, -0.25) is 14.9 Å². The van der Waals surface area contributed by atoms with Gasteiger partial charge in [-0.1, -0.05) is 30.0 Å². The number of hydrogen-bond donors (Lipinski definition) is 1. The maximum absolute atomic E-state index is 11.6. The Hall–Kier alpha value is -2.54. The van der Waals surface area contributed by atoms with Gasteiger partial charge < -0.3 is 4.84 Å². The van der Waals surface area contributed by atoms with Gasteiger partial charge in [0, 0.05) is 13.2 Å². The number of anilines is 1. The number of carbonyl (C=O) groups excluding carboxylic acids is 2. The summed E-state index contributed by atoms with van der Waals surface area (Å²) in [5, 5.41) is 3.23. The molecular formula is C16H15N3O3S. The predicted octanol–water partition coefficient (Wildman–Crippen LogP) is 2.41. The highest BCUT2D eigenvalue weighted by atomic mass is 32.2. The Bertz CT molecular complexity index is 706. The van der Waals surface area contributed by atoms with Crippen LogP contribution < -0.4 is 15.2 Å². The van der Waals surface area contributed by atoms with Crippen molar-refractivity contribution in [2.75, 3.05) is 12.1 Å². The highest BCUT2D eigenvalue weighted by Crippen LogP contribution is 2.24. The van der Waals surface area contributed by atoms with Crippen LogP contribution in [0.5, 0.6) is 5.75 Å². The van der Waals surface area contributed by atoms with Crippen molar-refractivity contribution in [3.8, 4) is 5.75 Å². The van der Waals surface area contributed by atoms with Crippen molar-refractivity contribution in [1.29, 1.82) is 0 Å². The fraction of sp³-hybridized carbons (Fsp3) is 0.188. The van der Waals surface area contributed by atoms with E-state index in [1.165, 1.54) is 0 Å². The van der Waals surface area contributed by atoms with Crippen molar-refractivity contribution in [3.05, 3.63) is 54.2 Å². The number of aromatic nitrogens is 1. The first-order chi connectivity index (χ1) is 11.1. The summed E-state index contributed by atoms with van der Waals surface area (Å²) in [6, 6.07) is 13.0. The minimum absolute atomic E-state index is 0.227. The minimum Gasteiger partial charge on any atom is -0.378 e. The second-order valence-electron chi connectivity index (χ2n) is 5.01. The molecule has 2 aromatic rings. The van der Waals surface area contributed by atoms with Crippen molar-refractivity contribution < 1.29 is 14.4 Å². The molecular weight excluding hydrogens is 314 g/mol. The lowest BCUT2D eigenvalue weighted by Gasteiger charge is -2.18. The molecule has 0 spiro atoms. The number of hydrogen-bond acceptors (Lipinski definition) is 6. The molecule has 1 aromatic heterocycles. The molecule has 6 nitrogen and oxygen atoms in total. The van der Waals surface area contributed by atoms with Crippen LogP contribution in [0.15, 0.2) is 48.7 Å². The molecule has 1 unspecified atom stereocenters. The molecule has 1 aliphatic rings. The van der Waals surface area contributed by atoms with Crippen LogP contribution in [0, 0.1) is 0 Å². The average molecular weight is 329 g/mol. The van der Waals surface area contributed by atoms with Crippen LogP contribution in [-0.2, 0) is 11.2 Å². The van der Waals surface area contributed by atoms with E-state index in [9.17, 15) is 9.59 Å². The van der Waals surface area contributed by atoms with E-state index < -0.39 is 0 Å². The Morgan fingerprint density at radius 2 is 2.00 bits per heavy atom. The molecule has 0 bridgehead atoms. The molecule has 1 N–H and O–H groups in total. The van der Waals surface area contributed by atoms with E-state index in [4.69, 9.17) is 4.84 Å². The maximum atomic E-state index is 11.6. The summed E-state index contributed by atoms with van der Waals surface area (Å²) in [5.74, 6) is 1.14. The van der Waals surface area contributed by atoms with Crippen molar-refractivity contribution in [2.45, 2.75) is 11.7 Å². The molecule has 23 heavy (non-hydrogen) atoms. The number of benzene rings is 1. The zero-order valence-corrected chi connectivity index (χ0v) is 13.2. The Morgan fingerprint density at radius 1 is 1.22 bits per heavy atom. The smallest absolute Gasteiger partial charge is 0.286 e. The summed E-state index contributed by atoms with van der Waals surface area (Å²) in [4.78, 5) is 32.6. The molecule has 1 fully saturated rings. The number of nitrogens with zero attached hydrogens (tertiary/aromatic N) is 2. The van der Waals surface area contributed by atoms with E-state index in [-0.39, 0.29) is 16.4 Å². The van der Waals surface area contributed by atoms with Crippen molar-refractivity contribution >= 4 is 28.7 Å². The Kier molecular flexibility index (Phi) is 4.47. The number of hydroxylamine groups is 1. The third kappa shape index (κ3) is 3.81. The van der Waals surface area contributed by atoms with Gasteiger partial charge in [0.05, 0.1) is 5.25 Å². The van der Waals surface area contributed by atoms with Gasteiger partial charge in [-0.25, -0.2) is 4.98 Å². The van der Waals surface area contributed by atoms with Gasteiger partial charge >= 0.3 is 0 Å². The van der Waals surface area contributed by atoms with Crippen LogP contribution in [0.25, 0.3) is 0 Å². The van der Waals surface area contributed by atoms with Crippen LogP contribution in [-0.4, -0.2) is 28.4 Å². The molecule has 0 saturated carbocycles. The predicted molar refractivity (Wildman–Crippen MR) is 88.3 cm³/mol. The lowest BCUT2D eigenvalue weighted by atomic mass is 10.1. The minimum atomic E-state index is -0.356. The second kappa shape index (κ2) is 6.70. The normalized spacial score (nSPS) is 17.0. The molecule has 3 rings (SSSR count). The van der Waals surface area contributed by atoms with Crippen molar-refractivity contribution in [1.82, 2.24) is 10.3 Å². The SMILES string of the molecule is CN(Oc1ccc(CC2SC(=O)NC2=O)cc1)c1ccccn1. The molecule has 1 atom stereocenters. The quantitative estimate of drug-likeness (QED) is 0.850. The first-order valence-electron chi connectivity index (χ1n) is 7.05. The largest absolute Gasteiger partial charge is 0.378 e. The number of carbonyl (C=O) groups is 2. The standard InChI is InChI=1S/C16H15N3O3S/c1-19(14-4-2-3-9-17-14)22-12-7-5-11(6-8-12)10-13-15(20)18-16(21)23-13/h2-9,13H,10H2,1H3,(H,18,20,21). The number of nitrogens with one attached hydrogen (secondary N) is 1. The van der Waals surface area contributed by atoms with E-state index >= 15 is 0 Å². The lowest BCUT2D eigenvalue weighted by molar-refractivity contribution is -0.118. The topological polar surface area (TPSA) is 71.5 Å². The number of imide groups is 1. The van der Waals surface area contributed by atoms with Gasteiger partial charge in [-0.05, 0) is 36.2 Å². The zero-order valence-electron chi connectivity index (χ0n) is 12.4. The van der Waals surface area contributed by atoms with Gasteiger partial charge in [0.25, 0.3) is 5.24 Å². The second-order valence-corrected chi connectivity index (χ2v) is 6.18. The summed E-state index contributed by atoms with van der Waals surface area (Å²) >= 11 is 1.03. The maximum Gasteiger partial charge on any atom is 0.286 e. The van der Waals surface area contributed by atoms with E-state index in [0.717, 1.165) is 17.3 Å². The van der Waals surface area contributed by atoms with Gasteiger partial charge in [0.2, 0.25) is 5.91 Å². The summed E-state index contributed by atoms with van der Waals surface area (Å²) in [7, 11) is 1.78. The molecule has 2 heterocycles. The Morgan fingerprint density at radius 3 is 2.61 bits per heavy atom. The van der Waals surface area contributed by atoms with Gasteiger partial charge in [-0.2, -0.15) is 5.06 Å². The fourth-order valence-electron chi connectivity index (χ4n) is 2.17. The summed E-state index contributed by atoms with van der Waals surface area (Å²) in [6.07, 6.45) is 2.21. The molecule has 1 aliphatic heterocycles. The van der Waals surface area contributed by atoms with Crippen LogP contribution in [0.1, 0.15) is 5.56 Å². The number of thioether (sulfide) groups is 1.